The van der Waals surface area contributed by atoms with Gasteiger partial charge in [0.1, 0.15) is 5.69 Å². The number of amides is 1. The zero-order valence-electron chi connectivity index (χ0n) is 9.16. The van der Waals surface area contributed by atoms with E-state index < -0.39 is 0 Å². The van der Waals surface area contributed by atoms with E-state index in [2.05, 4.69) is 10.3 Å². The smallest absolute Gasteiger partial charge is 0.267 e. The van der Waals surface area contributed by atoms with Crippen molar-refractivity contribution in [2.45, 2.75) is 25.7 Å². The van der Waals surface area contributed by atoms with E-state index in [9.17, 15) is 9.59 Å². The van der Waals surface area contributed by atoms with Crippen LogP contribution in [0.25, 0.3) is 0 Å². The minimum Gasteiger partial charge on any atom is -0.351 e. The molecule has 1 aromatic heterocycles. The van der Waals surface area contributed by atoms with Gasteiger partial charge in [0.05, 0.1) is 0 Å². The van der Waals surface area contributed by atoms with Crippen molar-refractivity contribution in [2.75, 3.05) is 6.54 Å². The minimum absolute atomic E-state index is 0.197. The molecular formula is C12H16N2O2. The van der Waals surface area contributed by atoms with Crippen molar-refractivity contribution >= 4 is 5.91 Å². The van der Waals surface area contributed by atoms with Crippen molar-refractivity contribution in [3.8, 4) is 0 Å². The topological polar surface area (TPSA) is 62.0 Å². The van der Waals surface area contributed by atoms with Gasteiger partial charge in [-0.3, -0.25) is 9.59 Å². The summed E-state index contributed by atoms with van der Waals surface area (Å²) in [5, 5.41) is 2.82. The lowest BCUT2D eigenvalue weighted by Crippen LogP contribution is -2.29. The average Bonchev–Trinajstić information content (AvgIpc) is 2.21. The van der Waals surface area contributed by atoms with Gasteiger partial charge < -0.3 is 10.3 Å². The Bertz CT molecular complexity index is 421. The summed E-state index contributed by atoms with van der Waals surface area (Å²) in [5.74, 6) is 0.590. The molecule has 1 fully saturated rings. The Morgan fingerprint density at radius 1 is 1.44 bits per heavy atom. The zero-order chi connectivity index (χ0) is 11.4. The predicted octanol–water partition coefficient (Wildman–Crippen LogP) is 1.29. The molecule has 86 valence electrons. The fraction of sp³-hybridized carbons (Fsp3) is 0.500. The van der Waals surface area contributed by atoms with Crippen molar-refractivity contribution in [1.82, 2.24) is 10.3 Å². The van der Waals surface area contributed by atoms with Gasteiger partial charge in [-0.05, 0) is 18.4 Å². The molecule has 1 amide bonds. The Labute approximate surface area is 94.1 Å². The third kappa shape index (κ3) is 2.72. The maximum atomic E-state index is 11.6. The van der Waals surface area contributed by atoms with Crippen LogP contribution in [0.2, 0.25) is 0 Å². The molecule has 1 aromatic rings. The second-order valence-corrected chi connectivity index (χ2v) is 4.27. The monoisotopic (exact) mass is 220 g/mol. The van der Waals surface area contributed by atoms with E-state index in [-0.39, 0.29) is 11.5 Å². The van der Waals surface area contributed by atoms with Crippen LogP contribution >= 0.6 is 0 Å². The standard InChI is InChI=1S/C12H16N2O2/c15-11-6-2-5-10(14-11)12(16)13-8-7-9-3-1-4-9/h2,5-6,9H,1,3-4,7-8H2,(H,13,16)(H,14,15). The summed E-state index contributed by atoms with van der Waals surface area (Å²) in [6, 6.07) is 4.59. The highest BCUT2D eigenvalue weighted by atomic mass is 16.2. The highest BCUT2D eigenvalue weighted by molar-refractivity contribution is 5.92. The van der Waals surface area contributed by atoms with E-state index in [0.29, 0.717) is 12.2 Å². The molecule has 1 heterocycles. The van der Waals surface area contributed by atoms with Crippen LogP contribution in [-0.4, -0.2) is 17.4 Å². The summed E-state index contributed by atoms with van der Waals surface area (Å²) in [7, 11) is 0. The van der Waals surface area contributed by atoms with Crippen LogP contribution in [-0.2, 0) is 0 Å². The molecule has 0 aliphatic heterocycles. The molecule has 0 radical (unpaired) electrons. The normalized spacial score (nSPS) is 15.5. The summed E-state index contributed by atoms with van der Waals surface area (Å²) in [6.45, 7) is 0.695. The van der Waals surface area contributed by atoms with Crippen LogP contribution < -0.4 is 10.9 Å². The van der Waals surface area contributed by atoms with Crippen LogP contribution in [0, 0.1) is 5.92 Å². The average molecular weight is 220 g/mol. The number of pyridine rings is 1. The molecule has 0 bridgehead atoms. The van der Waals surface area contributed by atoms with E-state index >= 15 is 0 Å². The molecule has 2 rings (SSSR count). The predicted molar refractivity (Wildman–Crippen MR) is 61.4 cm³/mol. The number of rotatable bonds is 4. The molecule has 1 aliphatic rings. The van der Waals surface area contributed by atoms with Gasteiger partial charge in [0.2, 0.25) is 5.56 Å². The van der Waals surface area contributed by atoms with Crippen LogP contribution in [0.4, 0.5) is 0 Å². The summed E-state index contributed by atoms with van der Waals surface area (Å²) in [6.07, 6.45) is 4.95. The molecule has 0 spiro atoms. The number of hydrogen-bond acceptors (Lipinski definition) is 2. The summed E-state index contributed by atoms with van der Waals surface area (Å²) >= 11 is 0. The number of aromatic nitrogens is 1. The van der Waals surface area contributed by atoms with E-state index in [1.165, 1.54) is 25.3 Å². The van der Waals surface area contributed by atoms with Crippen molar-refractivity contribution in [3.05, 3.63) is 34.2 Å². The third-order valence-electron chi connectivity index (χ3n) is 3.08. The van der Waals surface area contributed by atoms with Crippen molar-refractivity contribution in [3.63, 3.8) is 0 Å². The zero-order valence-corrected chi connectivity index (χ0v) is 9.16. The van der Waals surface area contributed by atoms with Gasteiger partial charge in [-0.2, -0.15) is 0 Å². The molecule has 0 aromatic carbocycles. The van der Waals surface area contributed by atoms with E-state index in [1.54, 1.807) is 12.1 Å². The fourth-order valence-electron chi connectivity index (χ4n) is 1.85. The van der Waals surface area contributed by atoms with Gasteiger partial charge in [0.25, 0.3) is 5.91 Å². The molecule has 1 aliphatic carbocycles. The Kier molecular flexibility index (Phi) is 3.39. The first-order chi connectivity index (χ1) is 7.75. The van der Waals surface area contributed by atoms with E-state index in [0.717, 1.165) is 12.3 Å². The Morgan fingerprint density at radius 2 is 2.25 bits per heavy atom. The first kappa shape index (κ1) is 10.9. The van der Waals surface area contributed by atoms with Crippen molar-refractivity contribution in [2.24, 2.45) is 5.92 Å². The van der Waals surface area contributed by atoms with E-state index in [4.69, 9.17) is 0 Å². The third-order valence-corrected chi connectivity index (χ3v) is 3.08. The maximum Gasteiger partial charge on any atom is 0.267 e. The Morgan fingerprint density at radius 3 is 2.88 bits per heavy atom. The number of carbonyl (C=O) groups excluding carboxylic acids is 1. The number of hydrogen-bond donors (Lipinski definition) is 2. The lowest BCUT2D eigenvalue weighted by Gasteiger charge is -2.25. The van der Waals surface area contributed by atoms with Crippen LogP contribution in [0.15, 0.2) is 23.0 Å². The van der Waals surface area contributed by atoms with Gasteiger partial charge in [0, 0.05) is 12.6 Å². The SMILES string of the molecule is O=C(NCCC1CCC1)c1cccc(=O)[nH]1. The van der Waals surface area contributed by atoms with Crippen LogP contribution in [0.5, 0.6) is 0 Å². The fourth-order valence-corrected chi connectivity index (χ4v) is 1.85. The second-order valence-electron chi connectivity index (χ2n) is 4.27. The van der Waals surface area contributed by atoms with Gasteiger partial charge in [0.15, 0.2) is 0 Å². The highest BCUT2D eigenvalue weighted by Gasteiger charge is 2.17. The Hall–Kier alpha value is -1.58. The summed E-state index contributed by atoms with van der Waals surface area (Å²) < 4.78 is 0. The molecule has 16 heavy (non-hydrogen) atoms. The molecule has 4 heteroatoms. The largest absolute Gasteiger partial charge is 0.351 e. The van der Waals surface area contributed by atoms with E-state index in [1.807, 2.05) is 0 Å². The Balaban J connectivity index is 1.80. The first-order valence-corrected chi connectivity index (χ1v) is 5.73. The first-order valence-electron chi connectivity index (χ1n) is 5.73. The van der Waals surface area contributed by atoms with Gasteiger partial charge in [-0.1, -0.05) is 25.3 Å². The number of nitrogens with one attached hydrogen (secondary N) is 2. The highest BCUT2D eigenvalue weighted by Crippen LogP contribution is 2.28. The molecule has 4 nitrogen and oxygen atoms in total. The summed E-state index contributed by atoms with van der Waals surface area (Å²) in [5.41, 5.74) is 0.0905. The second kappa shape index (κ2) is 4.96. The summed E-state index contributed by atoms with van der Waals surface area (Å²) in [4.78, 5) is 25.1. The molecule has 0 saturated heterocycles. The molecule has 0 atom stereocenters. The molecule has 2 N–H and O–H groups in total. The number of carbonyl (C=O) groups is 1. The maximum absolute atomic E-state index is 11.6. The van der Waals surface area contributed by atoms with Gasteiger partial charge in [-0.25, -0.2) is 0 Å². The molecule has 0 unspecified atom stereocenters. The lowest BCUT2D eigenvalue weighted by molar-refractivity contribution is 0.0943. The van der Waals surface area contributed by atoms with Gasteiger partial charge >= 0.3 is 0 Å². The van der Waals surface area contributed by atoms with Crippen LogP contribution in [0.3, 0.4) is 0 Å². The quantitative estimate of drug-likeness (QED) is 0.803. The van der Waals surface area contributed by atoms with Crippen molar-refractivity contribution in [1.29, 1.82) is 0 Å². The van der Waals surface area contributed by atoms with Crippen molar-refractivity contribution < 1.29 is 4.79 Å². The molecular weight excluding hydrogens is 204 g/mol. The number of H-pyrrole nitrogens is 1. The number of aromatic amines is 1. The minimum atomic E-state index is -0.244. The van der Waals surface area contributed by atoms with Crippen LogP contribution in [0.1, 0.15) is 36.2 Å². The lowest BCUT2D eigenvalue weighted by atomic mass is 9.83. The van der Waals surface area contributed by atoms with Gasteiger partial charge in [-0.15, -0.1) is 0 Å². The molecule has 1 saturated carbocycles.